The number of benzene rings is 3. The van der Waals surface area contributed by atoms with Gasteiger partial charge in [0, 0.05) is 6.54 Å². The average Bonchev–Trinajstić information content (AvgIpc) is 2.78. The predicted molar refractivity (Wildman–Crippen MR) is 114 cm³/mol. The van der Waals surface area contributed by atoms with E-state index >= 15 is 0 Å². The molecule has 0 spiro atoms. The molecule has 0 heterocycles. The first-order valence-electron chi connectivity index (χ1n) is 9.66. The molecule has 0 saturated heterocycles. The number of esters is 1. The van der Waals surface area contributed by atoms with Crippen LogP contribution in [0.1, 0.15) is 26.3 Å². The number of carbonyl (C=O) groups excluding carboxylic acids is 3. The van der Waals surface area contributed by atoms with E-state index in [2.05, 4.69) is 10.6 Å². The van der Waals surface area contributed by atoms with Gasteiger partial charge in [0.05, 0.1) is 16.8 Å². The summed E-state index contributed by atoms with van der Waals surface area (Å²) in [5.74, 6) is -2.34. The summed E-state index contributed by atoms with van der Waals surface area (Å²) < 4.78 is 18.1. The highest BCUT2D eigenvalue weighted by Gasteiger charge is 2.15. The molecule has 2 N–H and O–H groups in total. The average molecular weight is 420 g/mol. The van der Waals surface area contributed by atoms with Crippen molar-refractivity contribution in [3.05, 3.63) is 101 Å². The fraction of sp³-hybridized carbons (Fsp3) is 0.125. The molecule has 2 amide bonds. The van der Waals surface area contributed by atoms with Crippen LogP contribution < -0.4 is 10.6 Å². The van der Waals surface area contributed by atoms with Gasteiger partial charge in [0.25, 0.3) is 11.8 Å². The van der Waals surface area contributed by atoms with Crippen molar-refractivity contribution in [3.63, 3.8) is 0 Å². The quantitative estimate of drug-likeness (QED) is 0.546. The zero-order valence-electron chi connectivity index (χ0n) is 16.6. The van der Waals surface area contributed by atoms with E-state index in [1.54, 1.807) is 24.3 Å². The molecule has 0 aromatic heterocycles. The summed E-state index contributed by atoms with van der Waals surface area (Å²) in [7, 11) is 0. The van der Waals surface area contributed by atoms with Crippen molar-refractivity contribution in [2.75, 3.05) is 18.5 Å². The van der Waals surface area contributed by atoms with E-state index in [0.29, 0.717) is 24.2 Å². The summed E-state index contributed by atoms with van der Waals surface area (Å²) >= 11 is 0. The molecular formula is C24H21FN2O4. The Balaban J connectivity index is 1.53. The van der Waals surface area contributed by atoms with Gasteiger partial charge in [0.1, 0.15) is 5.82 Å². The number of hydrogen-bond acceptors (Lipinski definition) is 4. The summed E-state index contributed by atoms with van der Waals surface area (Å²) in [6, 6.07) is 21.3. The first-order valence-corrected chi connectivity index (χ1v) is 9.66. The maximum atomic E-state index is 13.2. The van der Waals surface area contributed by atoms with Crippen LogP contribution in [0.3, 0.4) is 0 Å². The molecule has 0 aliphatic carbocycles. The van der Waals surface area contributed by atoms with Gasteiger partial charge in [-0.1, -0.05) is 48.5 Å². The summed E-state index contributed by atoms with van der Waals surface area (Å²) in [6.07, 6.45) is 0.678. The molecule has 0 atom stereocenters. The van der Waals surface area contributed by atoms with E-state index in [4.69, 9.17) is 4.74 Å². The fourth-order valence-corrected chi connectivity index (χ4v) is 2.87. The van der Waals surface area contributed by atoms with E-state index in [0.717, 1.165) is 11.6 Å². The van der Waals surface area contributed by atoms with Gasteiger partial charge in [-0.15, -0.1) is 0 Å². The molecule has 3 rings (SSSR count). The van der Waals surface area contributed by atoms with Crippen molar-refractivity contribution >= 4 is 23.5 Å². The van der Waals surface area contributed by atoms with Gasteiger partial charge in [-0.2, -0.15) is 0 Å². The molecule has 0 aliphatic rings. The van der Waals surface area contributed by atoms with Crippen molar-refractivity contribution in [2.24, 2.45) is 0 Å². The summed E-state index contributed by atoms with van der Waals surface area (Å²) in [4.78, 5) is 36.7. The molecule has 0 radical (unpaired) electrons. The topological polar surface area (TPSA) is 84.5 Å². The van der Waals surface area contributed by atoms with Crippen LogP contribution in [0, 0.1) is 5.82 Å². The number of amides is 2. The molecule has 0 saturated carbocycles. The van der Waals surface area contributed by atoms with Gasteiger partial charge in [-0.25, -0.2) is 9.18 Å². The zero-order valence-corrected chi connectivity index (χ0v) is 16.6. The third-order valence-corrected chi connectivity index (χ3v) is 4.38. The maximum Gasteiger partial charge on any atom is 0.338 e. The molecule has 0 aliphatic heterocycles. The van der Waals surface area contributed by atoms with Crippen LogP contribution in [0.4, 0.5) is 10.1 Å². The summed E-state index contributed by atoms with van der Waals surface area (Å²) in [5, 5.41) is 5.39. The number of carbonyl (C=O) groups is 3. The number of hydrogen-bond donors (Lipinski definition) is 2. The normalized spacial score (nSPS) is 10.2. The zero-order chi connectivity index (χ0) is 22.1. The van der Waals surface area contributed by atoms with Crippen LogP contribution in [-0.2, 0) is 16.0 Å². The molecule has 31 heavy (non-hydrogen) atoms. The molecular weight excluding hydrogens is 399 g/mol. The highest BCUT2D eigenvalue weighted by molar-refractivity contribution is 6.04. The van der Waals surface area contributed by atoms with Crippen molar-refractivity contribution < 1.29 is 23.5 Å². The minimum atomic E-state index is -0.818. The third kappa shape index (κ3) is 6.50. The lowest BCUT2D eigenvalue weighted by molar-refractivity contribution is -0.119. The van der Waals surface area contributed by atoms with Crippen LogP contribution in [0.25, 0.3) is 0 Å². The van der Waals surface area contributed by atoms with Gasteiger partial charge >= 0.3 is 5.97 Å². The lowest BCUT2D eigenvalue weighted by atomic mass is 10.1. The van der Waals surface area contributed by atoms with Gasteiger partial charge in [0.15, 0.2) is 6.61 Å². The summed E-state index contributed by atoms with van der Waals surface area (Å²) in [6.45, 7) is -0.129. The second-order valence-corrected chi connectivity index (χ2v) is 6.67. The number of ether oxygens (including phenoxy) is 1. The van der Waals surface area contributed by atoms with Crippen molar-refractivity contribution in [3.8, 4) is 0 Å². The smallest absolute Gasteiger partial charge is 0.338 e. The highest BCUT2D eigenvalue weighted by atomic mass is 19.1. The van der Waals surface area contributed by atoms with Gasteiger partial charge in [-0.3, -0.25) is 9.59 Å². The van der Waals surface area contributed by atoms with Gasteiger partial charge < -0.3 is 15.4 Å². The maximum absolute atomic E-state index is 13.2. The summed E-state index contributed by atoms with van der Waals surface area (Å²) in [5.41, 5.74) is 1.70. The van der Waals surface area contributed by atoms with Crippen LogP contribution in [0.15, 0.2) is 78.9 Å². The number of nitrogens with one attached hydrogen (secondary N) is 2. The predicted octanol–water partition coefficient (Wildman–Crippen LogP) is 3.59. The fourth-order valence-electron chi connectivity index (χ4n) is 2.87. The lowest BCUT2D eigenvalue weighted by Gasteiger charge is -2.12. The van der Waals surface area contributed by atoms with Crippen LogP contribution >= 0.6 is 0 Å². The number of rotatable bonds is 8. The van der Waals surface area contributed by atoms with Crippen LogP contribution in [0.5, 0.6) is 0 Å². The second kappa shape index (κ2) is 10.7. The molecule has 0 fully saturated rings. The van der Waals surface area contributed by atoms with Gasteiger partial charge in [0.2, 0.25) is 0 Å². The molecule has 3 aromatic rings. The van der Waals surface area contributed by atoms with Crippen molar-refractivity contribution in [1.29, 1.82) is 0 Å². The molecule has 7 heteroatoms. The molecule has 0 unspecified atom stereocenters. The number of anilines is 1. The monoisotopic (exact) mass is 420 g/mol. The Morgan fingerprint density at radius 2 is 1.61 bits per heavy atom. The molecule has 3 aromatic carbocycles. The Morgan fingerprint density at radius 1 is 0.871 bits per heavy atom. The minimum Gasteiger partial charge on any atom is -0.452 e. The molecule has 158 valence electrons. The van der Waals surface area contributed by atoms with E-state index < -0.39 is 24.3 Å². The van der Waals surface area contributed by atoms with E-state index in [-0.39, 0.29) is 11.5 Å². The van der Waals surface area contributed by atoms with Gasteiger partial charge in [-0.05, 0) is 42.3 Å². The second-order valence-electron chi connectivity index (χ2n) is 6.67. The standard InChI is InChI=1S/C24H21FN2O4/c25-19-10-6-9-18(15-19)24(30)31-16-22(28)27-21-12-5-4-11-20(21)23(29)26-14-13-17-7-2-1-3-8-17/h1-12,15H,13-14,16H2,(H,26,29)(H,27,28). The number of para-hydroxylation sites is 1. The lowest BCUT2D eigenvalue weighted by Crippen LogP contribution is -2.28. The Kier molecular flexibility index (Phi) is 7.48. The van der Waals surface area contributed by atoms with Crippen LogP contribution in [0.2, 0.25) is 0 Å². The first-order chi connectivity index (χ1) is 15.0. The highest BCUT2D eigenvalue weighted by Crippen LogP contribution is 2.15. The third-order valence-electron chi connectivity index (χ3n) is 4.38. The molecule has 0 bridgehead atoms. The van der Waals surface area contributed by atoms with Crippen molar-refractivity contribution in [1.82, 2.24) is 5.32 Å². The minimum absolute atomic E-state index is 0.00555. The molecule has 6 nitrogen and oxygen atoms in total. The van der Waals surface area contributed by atoms with E-state index in [9.17, 15) is 18.8 Å². The Labute approximate surface area is 179 Å². The Hall–Kier alpha value is -4.00. The van der Waals surface area contributed by atoms with E-state index in [1.165, 1.54) is 18.2 Å². The van der Waals surface area contributed by atoms with Crippen LogP contribution in [-0.4, -0.2) is 30.9 Å². The number of halogens is 1. The SMILES string of the molecule is O=C(COC(=O)c1cccc(F)c1)Nc1ccccc1C(=O)NCCc1ccccc1. The Morgan fingerprint density at radius 3 is 2.39 bits per heavy atom. The van der Waals surface area contributed by atoms with Crippen molar-refractivity contribution in [2.45, 2.75) is 6.42 Å². The first kappa shape index (κ1) is 21.7. The van der Waals surface area contributed by atoms with E-state index in [1.807, 2.05) is 30.3 Å². The largest absolute Gasteiger partial charge is 0.452 e. The Bertz CT molecular complexity index is 1070.